The number of nitrogens with one attached hydrogen (secondary N) is 1. The fourth-order valence-electron chi connectivity index (χ4n) is 4.42. The summed E-state index contributed by atoms with van der Waals surface area (Å²) in [4.78, 5) is 24.9. The first-order valence-corrected chi connectivity index (χ1v) is 12.5. The molecule has 0 aliphatic carbocycles. The van der Waals surface area contributed by atoms with Gasteiger partial charge in [0.2, 0.25) is 5.91 Å². The SMILES string of the molecule is COc1c(CC(=O)N(C)C)cccc1N(C)c1ccc2nc(C)nc(NCc3cc(N)cc(C(F)(F)F)c3)c2c1. The second-order valence-corrected chi connectivity index (χ2v) is 9.63. The lowest BCUT2D eigenvalue weighted by Crippen LogP contribution is -2.24. The van der Waals surface area contributed by atoms with Crippen LogP contribution >= 0.6 is 0 Å². The summed E-state index contributed by atoms with van der Waals surface area (Å²) in [6.07, 6.45) is -4.31. The van der Waals surface area contributed by atoms with Crippen LogP contribution in [0.3, 0.4) is 0 Å². The number of nitrogens with zero attached hydrogens (tertiary/aromatic N) is 4. The number of fused-ring (bicyclic) bond motifs is 1. The molecule has 8 nitrogen and oxygen atoms in total. The second kappa shape index (κ2) is 11.3. The molecule has 0 saturated heterocycles. The lowest BCUT2D eigenvalue weighted by molar-refractivity contribution is -0.137. The Balaban J connectivity index is 1.69. The lowest BCUT2D eigenvalue weighted by atomic mass is 10.1. The van der Waals surface area contributed by atoms with Crippen molar-refractivity contribution in [2.75, 3.05) is 44.2 Å². The second-order valence-electron chi connectivity index (χ2n) is 9.63. The molecular weight excluding hydrogens is 521 g/mol. The predicted molar refractivity (Wildman–Crippen MR) is 151 cm³/mol. The van der Waals surface area contributed by atoms with Crippen molar-refractivity contribution in [3.05, 3.63) is 77.1 Å². The summed E-state index contributed by atoms with van der Waals surface area (Å²) in [6.45, 7) is 1.83. The molecule has 0 fully saturated rings. The van der Waals surface area contributed by atoms with Crippen molar-refractivity contribution < 1.29 is 22.7 Å². The summed E-state index contributed by atoms with van der Waals surface area (Å²) in [6, 6.07) is 14.8. The molecule has 0 aliphatic heterocycles. The van der Waals surface area contributed by atoms with Crippen molar-refractivity contribution in [3.63, 3.8) is 0 Å². The van der Waals surface area contributed by atoms with Crippen LogP contribution in [0.25, 0.3) is 10.9 Å². The average molecular weight is 553 g/mol. The van der Waals surface area contributed by atoms with E-state index in [9.17, 15) is 18.0 Å². The predicted octanol–water partition coefficient (Wildman–Crippen LogP) is 5.56. The molecule has 40 heavy (non-hydrogen) atoms. The van der Waals surface area contributed by atoms with Crippen LogP contribution < -0.4 is 20.7 Å². The van der Waals surface area contributed by atoms with E-state index in [1.165, 1.54) is 11.0 Å². The number of hydrogen-bond acceptors (Lipinski definition) is 7. The highest BCUT2D eigenvalue weighted by molar-refractivity contribution is 5.93. The van der Waals surface area contributed by atoms with Crippen molar-refractivity contribution in [1.82, 2.24) is 14.9 Å². The van der Waals surface area contributed by atoms with E-state index < -0.39 is 11.7 Å². The van der Waals surface area contributed by atoms with Crippen LogP contribution in [0, 0.1) is 6.92 Å². The topological polar surface area (TPSA) is 96.6 Å². The van der Waals surface area contributed by atoms with E-state index in [1.807, 2.05) is 48.3 Å². The molecule has 1 amide bonds. The number of halogens is 3. The van der Waals surface area contributed by atoms with Crippen LogP contribution in [0.5, 0.6) is 5.75 Å². The Hall–Kier alpha value is -4.54. The third-order valence-corrected chi connectivity index (χ3v) is 6.46. The highest BCUT2D eigenvalue weighted by Crippen LogP contribution is 2.37. The average Bonchev–Trinajstić information content (AvgIpc) is 2.90. The number of aryl methyl sites for hydroxylation is 1. The molecule has 4 rings (SSSR count). The molecule has 1 heterocycles. The summed E-state index contributed by atoms with van der Waals surface area (Å²) < 4.78 is 45.6. The van der Waals surface area contributed by atoms with Gasteiger partial charge in [0.05, 0.1) is 30.3 Å². The molecule has 0 aliphatic rings. The van der Waals surface area contributed by atoms with Gasteiger partial charge in [0, 0.05) is 50.0 Å². The number of carbonyl (C=O) groups is 1. The number of rotatable bonds is 8. The molecule has 1 aromatic heterocycles. The zero-order valence-corrected chi connectivity index (χ0v) is 22.9. The number of aromatic nitrogens is 2. The van der Waals surface area contributed by atoms with Gasteiger partial charge in [-0.1, -0.05) is 12.1 Å². The molecule has 0 saturated carbocycles. The van der Waals surface area contributed by atoms with Crippen LogP contribution in [0.4, 0.5) is 36.1 Å². The van der Waals surface area contributed by atoms with E-state index in [-0.39, 0.29) is 24.6 Å². The number of benzene rings is 3. The van der Waals surface area contributed by atoms with E-state index in [2.05, 4.69) is 15.3 Å². The van der Waals surface area contributed by atoms with E-state index in [0.29, 0.717) is 33.9 Å². The zero-order chi connectivity index (χ0) is 29.2. The van der Waals surface area contributed by atoms with Gasteiger partial charge in [-0.15, -0.1) is 0 Å². The minimum absolute atomic E-state index is 0.0303. The number of carbonyl (C=O) groups excluding carboxylic acids is 1. The zero-order valence-electron chi connectivity index (χ0n) is 22.9. The van der Waals surface area contributed by atoms with Gasteiger partial charge in [0.15, 0.2) is 0 Å². The first-order chi connectivity index (χ1) is 18.9. The van der Waals surface area contributed by atoms with E-state index in [0.717, 1.165) is 29.1 Å². The summed E-state index contributed by atoms with van der Waals surface area (Å²) >= 11 is 0. The van der Waals surface area contributed by atoms with Crippen LogP contribution in [0.15, 0.2) is 54.6 Å². The molecule has 0 unspecified atom stereocenters. The Morgan fingerprint density at radius 1 is 1.05 bits per heavy atom. The normalized spacial score (nSPS) is 11.4. The van der Waals surface area contributed by atoms with E-state index in [1.54, 1.807) is 28.1 Å². The number of anilines is 4. The third-order valence-electron chi connectivity index (χ3n) is 6.46. The van der Waals surface area contributed by atoms with Crippen molar-refractivity contribution in [2.45, 2.75) is 26.1 Å². The fourth-order valence-corrected chi connectivity index (χ4v) is 4.42. The molecular formula is C29H31F3N6O2. The summed E-state index contributed by atoms with van der Waals surface area (Å²) in [5.41, 5.74) is 8.31. The van der Waals surface area contributed by atoms with Crippen molar-refractivity contribution in [3.8, 4) is 5.75 Å². The van der Waals surface area contributed by atoms with Gasteiger partial charge < -0.3 is 25.6 Å². The van der Waals surface area contributed by atoms with Gasteiger partial charge >= 0.3 is 6.18 Å². The Bertz CT molecular complexity index is 1560. The number of likely N-dealkylation sites (N-methyl/N-ethyl adjacent to an activating group) is 1. The van der Waals surface area contributed by atoms with Crippen molar-refractivity contribution in [2.24, 2.45) is 0 Å². The molecule has 210 valence electrons. The van der Waals surface area contributed by atoms with Crippen molar-refractivity contribution in [1.29, 1.82) is 0 Å². The maximum absolute atomic E-state index is 13.3. The standard InChI is InChI=1S/C29H31F3N6O2/c1-17-35-24-10-9-22(38(4)25-8-6-7-19(27(25)40-5)13-26(39)37(2)3)15-23(24)28(36-17)34-16-18-11-20(29(30,31)32)14-21(33)12-18/h6-12,14-15H,13,16,33H2,1-5H3,(H,34,35,36). The monoisotopic (exact) mass is 552 g/mol. The maximum atomic E-state index is 13.3. The molecule has 0 spiro atoms. The number of alkyl halides is 3. The van der Waals surface area contributed by atoms with Crippen molar-refractivity contribution >= 4 is 39.7 Å². The van der Waals surface area contributed by atoms with Crippen LogP contribution in [0.2, 0.25) is 0 Å². The van der Waals surface area contributed by atoms with Gasteiger partial charge in [-0.05, 0) is 55.0 Å². The highest BCUT2D eigenvalue weighted by atomic mass is 19.4. The summed E-state index contributed by atoms with van der Waals surface area (Å²) in [5, 5.41) is 3.85. The Labute approximate surface area is 230 Å². The Morgan fingerprint density at radius 2 is 1.80 bits per heavy atom. The van der Waals surface area contributed by atoms with Gasteiger partial charge in [0.1, 0.15) is 17.4 Å². The largest absolute Gasteiger partial charge is 0.494 e. The number of para-hydroxylation sites is 1. The Morgan fingerprint density at radius 3 is 2.48 bits per heavy atom. The van der Waals surface area contributed by atoms with Gasteiger partial charge in [-0.2, -0.15) is 13.2 Å². The number of methoxy groups -OCH3 is 1. The summed E-state index contributed by atoms with van der Waals surface area (Å²) in [7, 11) is 6.86. The molecule has 0 bridgehead atoms. The molecule has 11 heteroatoms. The lowest BCUT2D eigenvalue weighted by Gasteiger charge is -2.24. The van der Waals surface area contributed by atoms with E-state index >= 15 is 0 Å². The molecule has 0 atom stereocenters. The van der Waals surface area contributed by atoms with Crippen LogP contribution in [-0.4, -0.2) is 49.0 Å². The quantitative estimate of drug-likeness (QED) is 0.276. The third kappa shape index (κ3) is 6.19. The first-order valence-electron chi connectivity index (χ1n) is 12.5. The van der Waals surface area contributed by atoms with Crippen LogP contribution in [0.1, 0.15) is 22.5 Å². The minimum Gasteiger partial charge on any atom is -0.494 e. The fraction of sp³-hybridized carbons (Fsp3) is 0.276. The van der Waals surface area contributed by atoms with Gasteiger partial charge in [0.25, 0.3) is 0 Å². The van der Waals surface area contributed by atoms with Gasteiger partial charge in [-0.25, -0.2) is 9.97 Å². The highest BCUT2D eigenvalue weighted by Gasteiger charge is 2.31. The molecule has 3 aromatic carbocycles. The first kappa shape index (κ1) is 28.5. The number of nitrogens with two attached hydrogens (primary N) is 1. The molecule has 4 aromatic rings. The number of nitrogen functional groups attached to an aromatic ring is 1. The maximum Gasteiger partial charge on any atom is 0.416 e. The Kier molecular flexibility index (Phi) is 8.03. The number of amides is 1. The number of ether oxygens (including phenoxy) is 1. The minimum atomic E-state index is -4.50. The smallest absolute Gasteiger partial charge is 0.416 e. The number of hydrogen-bond donors (Lipinski definition) is 2. The van der Waals surface area contributed by atoms with E-state index in [4.69, 9.17) is 10.5 Å². The molecule has 0 radical (unpaired) electrons. The van der Waals surface area contributed by atoms with Gasteiger partial charge in [-0.3, -0.25) is 4.79 Å². The van der Waals surface area contributed by atoms with Crippen LogP contribution in [-0.2, 0) is 23.9 Å². The summed E-state index contributed by atoms with van der Waals surface area (Å²) in [5.74, 6) is 1.53. The molecule has 3 N–H and O–H groups in total.